The van der Waals surface area contributed by atoms with Crippen molar-refractivity contribution in [1.82, 2.24) is 15.1 Å². The molecule has 25 heavy (non-hydrogen) atoms. The van der Waals surface area contributed by atoms with Crippen LogP contribution in [0.25, 0.3) is 0 Å². The first-order valence-corrected chi connectivity index (χ1v) is 8.65. The lowest BCUT2D eigenvalue weighted by Gasteiger charge is -2.34. The van der Waals surface area contributed by atoms with Crippen molar-refractivity contribution in [1.29, 1.82) is 0 Å². The van der Waals surface area contributed by atoms with Gasteiger partial charge in [0.1, 0.15) is 11.6 Å². The van der Waals surface area contributed by atoms with Crippen molar-refractivity contribution in [2.24, 2.45) is 0 Å². The fraction of sp³-hybridized carbons (Fsp3) is 0.421. The molecule has 0 saturated carbocycles. The highest BCUT2D eigenvalue weighted by Crippen LogP contribution is 2.15. The first kappa shape index (κ1) is 17.5. The minimum Gasteiger partial charge on any atom is -0.468 e. The number of benzene rings is 1. The van der Waals surface area contributed by atoms with Crippen molar-refractivity contribution in [3.05, 3.63) is 59.8 Å². The van der Waals surface area contributed by atoms with E-state index in [2.05, 4.69) is 10.2 Å². The maximum atomic E-state index is 13.0. The van der Waals surface area contributed by atoms with Crippen LogP contribution in [0.15, 0.2) is 47.1 Å². The first-order chi connectivity index (χ1) is 12.1. The van der Waals surface area contributed by atoms with Crippen molar-refractivity contribution in [3.8, 4) is 0 Å². The van der Waals surface area contributed by atoms with Crippen LogP contribution in [0.2, 0.25) is 0 Å². The van der Waals surface area contributed by atoms with Gasteiger partial charge in [-0.25, -0.2) is 9.18 Å². The molecule has 6 heteroatoms. The summed E-state index contributed by atoms with van der Waals surface area (Å²) in [6, 6.07) is 10.3. The predicted octanol–water partition coefficient (Wildman–Crippen LogP) is 3.05. The second-order valence-electron chi connectivity index (χ2n) is 6.48. The molecule has 1 atom stereocenters. The molecule has 1 aliphatic rings. The maximum Gasteiger partial charge on any atom is 0.317 e. The van der Waals surface area contributed by atoms with Crippen molar-refractivity contribution >= 4 is 6.03 Å². The molecule has 0 aliphatic carbocycles. The van der Waals surface area contributed by atoms with E-state index >= 15 is 0 Å². The molecule has 1 saturated heterocycles. The number of nitrogens with one attached hydrogen (secondary N) is 1. The number of amides is 2. The van der Waals surface area contributed by atoms with Crippen LogP contribution in [0.1, 0.15) is 24.2 Å². The molecule has 2 aromatic rings. The van der Waals surface area contributed by atoms with Gasteiger partial charge in [-0.05, 0) is 35.7 Å². The van der Waals surface area contributed by atoms with Crippen LogP contribution in [-0.2, 0) is 6.54 Å². The third-order valence-corrected chi connectivity index (χ3v) is 4.62. The van der Waals surface area contributed by atoms with Crippen molar-refractivity contribution in [2.45, 2.75) is 19.4 Å². The highest BCUT2D eigenvalue weighted by Gasteiger charge is 2.21. The first-order valence-electron chi connectivity index (χ1n) is 8.65. The van der Waals surface area contributed by atoms with Crippen LogP contribution in [0, 0.1) is 5.82 Å². The van der Waals surface area contributed by atoms with Crippen LogP contribution in [0.4, 0.5) is 9.18 Å². The molecular formula is C19H24FN3O2. The number of carbonyl (C=O) groups is 1. The van der Waals surface area contributed by atoms with Crippen LogP contribution in [0.3, 0.4) is 0 Å². The van der Waals surface area contributed by atoms with E-state index in [9.17, 15) is 9.18 Å². The molecule has 1 aliphatic heterocycles. The number of urea groups is 1. The summed E-state index contributed by atoms with van der Waals surface area (Å²) in [5, 5.41) is 2.98. The zero-order valence-corrected chi connectivity index (χ0v) is 14.5. The highest BCUT2D eigenvalue weighted by molar-refractivity contribution is 5.74. The van der Waals surface area contributed by atoms with Crippen molar-refractivity contribution in [2.75, 3.05) is 32.7 Å². The lowest BCUT2D eigenvalue weighted by molar-refractivity contribution is 0.130. The van der Waals surface area contributed by atoms with Gasteiger partial charge >= 0.3 is 6.03 Å². The number of hydrogen-bond donors (Lipinski definition) is 1. The van der Waals surface area contributed by atoms with Gasteiger partial charge < -0.3 is 14.6 Å². The Hall–Kier alpha value is -2.34. The third kappa shape index (κ3) is 4.82. The van der Waals surface area contributed by atoms with Gasteiger partial charge in [0.2, 0.25) is 0 Å². The van der Waals surface area contributed by atoms with E-state index in [1.54, 1.807) is 18.4 Å². The zero-order chi connectivity index (χ0) is 17.6. The number of rotatable bonds is 5. The molecule has 134 valence electrons. The van der Waals surface area contributed by atoms with Gasteiger partial charge in [-0.15, -0.1) is 0 Å². The molecule has 2 amide bonds. The maximum absolute atomic E-state index is 13.0. The number of hydrogen-bond acceptors (Lipinski definition) is 3. The molecule has 1 N–H and O–H groups in total. The molecule has 1 aromatic heterocycles. The SMILES string of the molecule is CC(CNC(=O)N1CCN(Cc2ccco2)CC1)c1ccc(F)cc1. The van der Waals surface area contributed by atoms with Gasteiger partial charge in [-0.2, -0.15) is 0 Å². The van der Waals surface area contributed by atoms with E-state index in [1.807, 2.05) is 24.0 Å². The lowest BCUT2D eigenvalue weighted by Crippen LogP contribution is -2.51. The Labute approximate surface area is 147 Å². The molecule has 1 aromatic carbocycles. The molecule has 1 unspecified atom stereocenters. The fourth-order valence-corrected chi connectivity index (χ4v) is 2.99. The summed E-state index contributed by atoms with van der Waals surface area (Å²) in [5.41, 5.74) is 1.02. The Balaban J connectivity index is 1.41. The minimum atomic E-state index is -0.243. The van der Waals surface area contributed by atoms with Crippen LogP contribution in [-0.4, -0.2) is 48.6 Å². The summed E-state index contributed by atoms with van der Waals surface area (Å²) in [6.07, 6.45) is 1.68. The summed E-state index contributed by atoms with van der Waals surface area (Å²) in [5.74, 6) is 0.850. The Bertz CT molecular complexity index is 664. The average molecular weight is 345 g/mol. The number of carbonyl (C=O) groups excluding carboxylic acids is 1. The van der Waals surface area contributed by atoms with Gasteiger partial charge in [0.05, 0.1) is 12.8 Å². The largest absolute Gasteiger partial charge is 0.468 e. The lowest BCUT2D eigenvalue weighted by atomic mass is 10.0. The van der Waals surface area contributed by atoms with E-state index in [1.165, 1.54) is 12.1 Å². The van der Waals surface area contributed by atoms with Crippen LogP contribution < -0.4 is 5.32 Å². The second-order valence-corrected chi connectivity index (χ2v) is 6.48. The molecule has 1 fully saturated rings. The topological polar surface area (TPSA) is 48.7 Å². The van der Waals surface area contributed by atoms with Crippen molar-refractivity contribution < 1.29 is 13.6 Å². The molecule has 0 bridgehead atoms. The standard InChI is InChI=1S/C19H24FN3O2/c1-15(16-4-6-17(20)7-5-16)13-21-19(24)23-10-8-22(9-11-23)14-18-3-2-12-25-18/h2-7,12,15H,8-11,13-14H2,1H3,(H,21,24). The van der Waals surface area contributed by atoms with Crippen LogP contribution in [0.5, 0.6) is 0 Å². The van der Waals surface area contributed by atoms with E-state index in [4.69, 9.17) is 4.42 Å². The molecule has 0 radical (unpaired) electrons. The molecule has 2 heterocycles. The normalized spacial score (nSPS) is 16.6. The molecule has 3 rings (SSSR count). The van der Waals surface area contributed by atoms with Gasteiger partial charge in [0.15, 0.2) is 0 Å². The highest BCUT2D eigenvalue weighted by atomic mass is 19.1. The molecular weight excluding hydrogens is 321 g/mol. The monoisotopic (exact) mass is 345 g/mol. The van der Waals surface area contributed by atoms with E-state index in [0.29, 0.717) is 19.6 Å². The quantitative estimate of drug-likeness (QED) is 0.906. The smallest absolute Gasteiger partial charge is 0.317 e. The number of halogens is 1. The summed E-state index contributed by atoms with van der Waals surface area (Å²) in [7, 11) is 0. The number of piperazine rings is 1. The zero-order valence-electron chi connectivity index (χ0n) is 14.5. The van der Waals surface area contributed by atoms with E-state index < -0.39 is 0 Å². The van der Waals surface area contributed by atoms with E-state index in [0.717, 1.165) is 31.0 Å². The van der Waals surface area contributed by atoms with Gasteiger partial charge in [-0.1, -0.05) is 19.1 Å². The second kappa shape index (κ2) is 8.16. The number of furan rings is 1. The Morgan fingerprint density at radius 3 is 2.56 bits per heavy atom. The Kier molecular flexibility index (Phi) is 5.71. The summed E-state index contributed by atoms with van der Waals surface area (Å²) < 4.78 is 18.3. The molecule has 5 nitrogen and oxygen atoms in total. The summed E-state index contributed by atoms with van der Waals surface area (Å²) in [4.78, 5) is 16.5. The van der Waals surface area contributed by atoms with Gasteiger partial charge in [0, 0.05) is 32.7 Å². The molecule has 0 spiro atoms. The van der Waals surface area contributed by atoms with Gasteiger partial charge in [-0.3, -0.25) is 4.90 Å². The third-order valence-electron chi connectivity index (χ3n) is 4.62. The fourth-order valence-electron chi connectivity index (χ4n) is 2.99. The summed E-state index contributed by atoms with van der Waals surface area (Å²) >= 11 is 0. The predicted molar refractivity (Wildman–Crippen MR) is 93.8 cm³/mol. The number of nitrogens with zero attached hydrogens (tertiary/aromatic N) is 2. The Morgan fingerprint density at radius 2 is 1.92 bits per heavy atom. The van der Waals surface area contributed by atoms with Crippen LogP contribution >= 0.6 is 0 Å². The van der Waals surface area contributed by atoms with Crippen molar-refractivity contribution in [3.63, 3.8) is 0 Å². The minimum absolute atomic E-state index is 0.0355. The average Bonchev–Trinajstić information content (AvgIpc) is 3.13. The Morgan fingerprint density at radius 1 is 1.20 bits per heavy atom. The summed E-state index contributed by atoms with van der Waals surface area (Å²) in [6.45, 7) is 6.42. The van der Waals surface area contributed by atoms with Gasteiger partial charge in [0.25, 0.3) is 0 Å². The van der Waals surface area contributed by atoms with E-state index in [-0.39, 0.29) is 17.8 Å².